The lowest BCUT2D eigenvalue weighted by atomic mass is 9.78. The number of morpholine rings is 1. The smallest absolute Gasteiger partial charge is 0.271 e. The van der Waals surface area contributed by atoms with Crippen molar-refractivity contribution >= 4 is 5.91 Å². The number of aromatic nitrogens is 2. The summed E-state index contributed by atoms with van der Waals surface area (Å²) < 4.78 is 6.32. The molecule has 0 aromatic carbocycles. The van der Waals surface area contributed by atoms with Crippen molar-refractivity contribution in [1.29, 1.82) is 0 Å². The van der Waals surface area contributed by atoms with Gasteiger partial charge in [-0.05, 0) is 32.7 Å². The highest BCUT2D eigenvalue weighted by molar-refractivity contribution is 5.92. The van der Waals surface area contributed by atoms with Gasteiger partial charge in [-0.3, -0.25) is 14.7 Å². The van der Waals surface area contributed by atoms with E-state index in [1.807, 2.05) is 6.92 Å². The van der Waals surface area contributed by atoms with Crippen molar-refractivity contribution in [2.75, 3.05) is 26.2 Å². The summed E-state index contributed by atoms with van der Waals surface area (Å²) in [6.07, 6.45) is 11.2. The summed E-state index contributed by atoms with van der Waals surface area (Å²) in [7, 11) is 0. The zero-order valence-electron chi connectivity index (χ0n) is 16.2. The second-order valence-electron chi connectivity index (χ2n) is 7.71. The zero-order chi connectivity index (χ0) is 18.4. The first kappa shape index (κ1) is 19.2. The number of carbonyl (C=O) groups excluding carboxylic acids is 1. The fourth-order valence-electron chi connectivity index (χ4n) is 4.18. The van der Waals surface area contributed by atoms with Crippen LogP contribution in [0, 0.1) is 6.92 Å². The van der Waals surface area contributed by atoms with Crippen molar-refractivity contribution in [2.45, 2.75) is 70.4 Å². The van der Waals surface area contributed by atoms with E-state index in [1.54, 1.807) is 12.4 Å². The fourth-order valence-corrected chi connectivity index (χ4v) is 4.18. The largest absolute Gasteiger partial charge is 0.370 e. The predicted molar refractivity (Wildman–Crippen MR) is 101 cm³/mol. The molecule has 2 heterocycles. The quantitative estimate of drug-likeness (QED) is 0.790. The van der Waals surface area contributed by atoms with Crippen molar-refractivity contribution in [2.24, 2.45) is 0 Å². The molecule has 2 atom stereocenters. The second kappa shape index (κ2) is 8.91. The molecule has 1 saturated heterocycles. The van der Waals surface area contributed by atoms with Crippen LogP contribution in [0.25, 0.3) is 0 Å². The number of aryl methyl sites for hydroxylation is 1. The lowest BCUT2D eigenvalue weighted by Crippen LogP contribution is -2.64. The van der Waals surface area contributed by atoms with Crippen molar-refractivity contribution in [3.63, 3.8) is 0 Å². The molecule has 1 aliphatic heterocycles. The maximum absolute atomic E-state index is 12.7. The average molecular weight is 361 g/mol. The number of carbonyl (C=O) groups is 1. The molecule has 1 N–H and O–H groups in total. The first-order chi connectivity index (χ1) is 12.6. The lowest BCUT2D eigenvalue weighted by molar-refractivity contribution is -0.141. The molecule has 2 fully saturated rings. The van der Waals surface area contributed by atoms with Crippen LogP contribution in [0.15, 0.2) is 12.4 Å². The summed E-state index contributed by atoms with van der Waals surface area (Å²) in [6, 6.07) is 0.0424. The molecule has 1 aromatic rings. The number of nitrogens with one attached hydrogen (secondary N) is 1. The van der Waals surface area contributed by atoms with Gasteiger partial charge in [-0.1, -0.05) is 32.6 Å². The van der Waals surface area contributed by atoms with Crippen molar-refractivity contribution in [1.82, 2.24) is 20.2 Å². The molecule has 1 amide bonds. The van der Waals surface area contributed by atoms with Gasteiger partial charge in [0.25, 0.3) is 5.91 Å². The number of nitrogens with zero attached hydrogens (tertiary/aromatic N) is 3. The SMILES string of the molecule is CCCCCN1CCO[C@@]2(CCCC[C@@H]2NC(=O)c2cnc(C)cn2)C1. The molecule has 0 radical (unpaired) electrons. The molecule has 1 saturated carbocycles. The van der Waals surface area contributed by atoms with Crippen LogP contribution in [0.4, 0.5) is 0 Å². The molecule has 3 rings (SSSR count). The normalized spacial score (nSPS) is 26.8. The molecule has 1 aromatic heterocycles. The van der Waals surface area contributed by atoms with Gasteiger partial charge < -0.3 is 10.1 Å². The van der Waals surface area contributed by atoms with Crippen LogP contribution >= 0.6 is 0 Å². The van der Waals surface area contributed by atoms with Crippen LogP contribution < -0.4 is 5.32 Å². The fraction of sp³-hybridized carbons (Fsp3) is 0.750. The topological polar surface area (TPSA) is 67.3 Å². The summed E-state index contributed by atoms with van der Waals surface area (Å²) >= 11 is 0. The molecule has 0 unspecified atom stereocenters. The van der Waals surface area contributed by atoms with E-state index in [9.17, 15) is 4.79 Å². The van der Waals surface area contributed by atoms with E-state index in [0.29, 0.717) is 5.69 Å². The van der Waals surface area contributed by atoms with Gasteiger partial charge in [-0.25, -0.2) is 4.98 Å². The number of hydrogen-bond donors (Lipinski definition) is 1. The molecular formula is C20H32N4O2. The Labute approximate surface area is 156 Å². The number of hydrogen-bond acceptors (Lipinski definition) is 5. The molecule has 2 aliphatic rings. The van der Waals surface area contributed by atoms with Crippen LogP contribution in [-0.2, 0) is 4.74 Å². The number of unbranched alkanes of at least 4 members (excludes halogenated alkanes) is 2. The van der Waals surface area contributed by atoms with Gasteiger partial charge in [0.1, 0.15) is 11.3 Å². The monoisotopic (exact) mass is 360 g/mol. The molecule has 26 heavy (non-hydrogen) atoms. The Morgan fingerprint density at radius 2 is 2.23 bits per heavy atom. The Balaban J connectivity index is 1.66. The minimum atomic E-state index is -0.253. The van der Waals surface area contributed by atoms with Crippen LogP contribution in [-0.4, -0.2) is 58.7 Å². The van der Waals surface area contributed by atoms with Crippen molar-refractivity contribution in [3.8, 4) is 0 Å². The van der Waals surface area contributed by atoms with Gasteiger partial charge in [0.05, 0.1) is 24.5 Å². The maximum Gasteiger partial charge on any atom is 0.271 e. The van der Waals surface area contributed by atoms with E-state index in [0.717, 1.165) is 51.2 Å². The number of ether oxygens (including phenoxy) is 1. The first-order valence-electron chi connectivity index (χ1n) is 10.1. The highest BCUT2D eigenvalue weighted by Crippen LogP contribution is 2.35. The van der Waals surface area contributed by atoms with E-state index in [2.05, 4.69) is 27.1 Å². The van der Waals surface area contributed by atoms with Crippen LogP contribution in [0.2, 0.25) is 0 Å². The molecular weight excluding hydrogens is 328 g/mol. The molecule has 6 heteroatoms. The summed E-state index contributed by atoms with van der Waals surface area (Å²) in [5, 5.41) is 3.21. The minimum absolute atomic E-state index is 0.0424. The number of amides is 1. The Bertz CT molecular complexity index is 588. The molecule has 6 nitrogen and oxygen atoms in total. The van der Waals surface area contributed by atoms with Gasteiger partial charge in [-0.2, -0.15) is 0 Å². The lowest BCUT2D eigenvalue weighted by Gasteiger charge is -2.49. The Morgan fingerprint density at radius 3 is 3.00 bits per heavy atom. The van der Waals surface area contributed by atoms with Gasteiger partial charge in [0.2, 0.25) is 0 Å². The van der Waals surface area contributed by atoms with E-state index < -0.39 is 0 Å². The van der Waals surface area contributed by atoms with Gasteiger partial charge in [-0.15, -0.1) is 0 Å². The first-order valence-corrected chi connectivity index (χ1v) is 10.1. The van der Waals surface area contributed by atoms with E-state index in [1.165, 1.54) is 25.7 Å². The zero-order valence-corrected chi connectivity index (χ0v) is 16.2. The standard InChI is InChI=1S/C20H32N4O2/c1-3-4-7-10-24-11-12-26-20(15-24)9-6-5-8-18(20)23-19(25)17-14-21-16(2)13-22-17/h13-14,18H,3-12,15H2,1-2H3,(H,23,25)/t18-,20-/m0/s1. The maximum atomic E-state index is 12.7. The van der Waals surface area contributed by atoms with Gasteiger partial charge in [0, 0.05) is 19.3 Å². The van der Waals surface area contributed by atoms with E-state index in [4.69, 9.17) is 4.74 Å². The third-order valence-electron chi connectivity index (χ3n) is 5.66. The number of rotatable bonds is 6. The van der Waals surface area contributed by atoms with Gasteiger partial charge >= 0.3 is 0 Å². The molecule has 144 valence electrons. The van der Waals surface area contributed by atoms with Crippen LogP contribution in [0.1, 0.15) is 68.1 Å². The minimum Gasteiger partial charge on any atom is -0.370 e. The van der Waals surface area contributed by atoms with E-state index in [-0.39, 0.29) is 17.6 Å². The highest BCUT2D eigenvalue weighted by atomic mass is 16.5. The summed E-state index contributed by atoms with van der Waals surface area (Å²) in [5.74, 6) is -0.143. The third-order valence-corrected chi connectivity index (χ3v) is 5.66. The highest BCUT2D eigenvalue weighted by Gasteiger charge is 2.45. The summed E-state index contributed by atoms with van der Waals surface area (Å²) in [5.41, 5.74) is 0.942. The molecule has 1 aliphatic carbocycles. The third kappa shape index (κ3) is 4.60. The van der Waals surface area contributed by atoms with Crippen LogP contribution in [0.5, 0.6) is 0 Å². The second-order valence-corrected chi connectivity index (χ2v) is 7.71. The van der Waals surface area contributed by atoms with Crippen molar-refractivity contribution < 1.29 is 9.53 Å². The Hall–Kier alpha value is -1.53. The van der Waals surface area contributed by atoms with Crippen LogP contribution in [0.3, 0.4) is 0 Å². The summed E-state index contributed by atoms with van der Waals surface area (Å²) in [4.78, 5) is 23.6. The van der Waals surface area contributed by atoms with E-state index >= 15 is 0 Å². The predicted octanol–water partition coefficient (Wildman–Crippen LogP) is 2.72. The Kier molecular flexibility index (Phi) is 6.59. The molecule has 0 bridgehead atoms. The van der Waals surface area contributed by atoms with Crippen molar-refractivity contribution in [3.05, 3.63) is 23.8 Å². The van der Waals surface area contributed by atoms with Gasteiger partial charge in [0.15, 0.2) is 0 Å². The summed E-state index contributed by atoms with van der Waals surface area (Å²) in [6.45, 7) is 7.90. The molecule has 1 spiro atoms. The Morgan fingerprint density at radius 1 is 1.35 bits per heavy atom. The average Bonchev–Trinajstić information content (AvgIpc) is 2.65.